The maximum atomic E-state index is 14.4. The summed E-state index contributed by atoms with van der Waals surface area (Å²) in [5, 5.41) is 0. The van der Waals surface area contributed by atoms with Crippen LogP contribution in [0.3, 0.4) is 0 Å². The number of halogens is 7. The van der Waals surface area contributed by atoms with E-state index in [1.807, 2.05) is 0 Å². The van der Waals surface area contributed by atoms with Gasteiger partial charge in [0.2, 0.25) is 0 Å². The molecule has 0 aliphatic rings. The standard InChI is InChI=1S/C19H12F7N/c20-17(21,18(22,23)19(24,25)26)16-14(12-7-3-1-4-8-12)11-15(27-16)13-9-5-2-6-10-13/h1-11,27H. The monoisotopic (exact) mass is 387 g/mol. The molecule has 0 amide bonds. The number of rotatable bonds is 4. The Kier molecular flexibility index (Phi) is 4.53. The molecule has 0 fully saturated rings. The van der Waals surface area contributed by atoms with Gasteiger partial charge in [-0.15, -0.1) is 0 Å². The lowest BCUT2D eigenvalue weighted by Crippen LogP contribution is -2.50. The van der Waals surface area contributed by atoms with Gasteiger partial charge in [-0.1, -0.05) is 60.7 Å². The number of benzene rings is 2. The molecular formula is C19H12F7N. The molecule has 0 aliphatic heterocycles. The van der Waals surface area contributed by atoms with Crippen molar-refractivity contribution >= 4 is 0 Å². The van der Waals surface area contributed by atoms with Crippen LogP contribution in [0.25, 0.3) is 22.4 Å². The maximum absolute atomic E-state index is 14.4. The van der Waals surface area contributed by atoms with E-state index in [9.17, 15) is 30.7 Å². The predicted octanol–water partition coefficient (Wildman–Crippen LogP) is 6.64. The van der Waals surface area contributed by atoms with Crippen molar-refractivity contribution in [3.8, 4) is 22.4 Å². The van der Waals surface area contributed by atoms with Crippen molar-refractivity contribution in [2.75, 3.05) is 0 Å². The first kappa shape index (κ1) is 19.0. The van der Waals surface area contributed by atoms with Gasteiger partial charge in [0.15, 0.2) is 0 Å². The first-order valence-corrected chi connectivity index (χ1v) is 7.72. The second-order valence-electron chi connectivity index (χ2n) is 5.85. The predicted molar refractivity (Wildman–Crippen MR) is 86.6 cm³/mol. The minimum absolute atomic E-state index is 0.00195. The Hall–Kier alpha value is -2.77. The van der Waals surface area contributed by atoms with Crippen LogP contribution in [0, 0.1) is 0 Å². The van der Waals surface area contributed by atoms with Gasteiger partial charge in [0.1, 0.15) is 5.69 Å². The fourth-order valence-corrected chi connectivity index (χ4v) is 2.66. The summed E-state index contributed by atoms with van der Waals surface area (Å²) in [6.45, 7) is 0. The SMILES string of the molecule is FC(F)(F)C(F)(F)C(F)(F)c1[nH]c(-c2ccccc2)cc1-c1ccccc1. The summed E-state index contributed by atoms with van der Waals surface area (Å²) >= 11 is 0. The van der Waals surface area contributed by atoms with E-state index in [1.54, 1.807) is 24.3 Å². The maximum Gasteiger partial charge on any atom is 0.460 e. The van der Waals surface area contributed by atoms with E-state index in [2.05, 4.69) is 4.98 Å². The molecule has 1 N–H and O–H groups in total. The van der Waals surface area contributed by atoms with E-state index >= 15 is 0 Å². The Morgan fingerprint density at radius 2 is 1.11 bits per heavy atom. The topological polar surface area (TPSA) is 15.8 Å². The van der Waals surface area contributed by atoms with Crippen LogP contribution < -0.4 is 0 Å². The van der Waals surface area contributed by atoms with Crippen LogP contribution in [0.1, 0.15) is 5.69 Å². The van der Waals surface area contributed by atoms with Crippen molar-refractivity contribution in [2.45, 2.75) is 18.0 Å². The molecule has 3 aromatic rings. The fraction of sp³-hybridized carbons (Fsp3) is 0.158. The van der Waals surface area contributed by atoms with Crippen molar-refractivity contribution in [2.24, 2.45) is 0 Å². The van der Waals surface area contributed by atoms with Crippen LogP contribution in [-0.2, 0) is 5.92 Å². The molecule has 2 aromatic carbocycles. The molecule has 0 bridgehead atoms. The van der Waals surface area contributed by atoms with Crippen LogP contribution in [0.15, 0.2) is 66.7 Å². The van der Waals surface area contributed by atoms with Crippen molar-refractivity contribution in [1.29, 1.82) is 0 Å². The summed E-state index contributed by atoms with van der Waals surface area (Å²) in [5.74, 6) is -11.7. The summed E-state index contributed by atoms with van der Waals surface area (Å²) in [6, 6.07) is 16.2. The first-order valence-electron chi connectivity index (χ1n) is 7.72. The molecule has 0 radical (unpaired) electrons. The molecule has 0 saturated carbocycles. The van der Waals surface area contributed by atoms with Crippen LogP contribution >= 0.6 is 0 Å². The summed E-state index contributed by atoms with van der Waals surface area (Å²) in [6.07, 6.45) is -6.41. The molecule has 1 heterocycles. The van der Waals surface area contributed by atoms with Crippen LogP contribution in [0.5, 0.6) is 0 Å². The Morgan fingerprint density at radius 3 is 1.59 bits per heavy atom. The Morgan fingerprint density at radius 1 is 0.630 bits per heavy atom. The van der Waals surface area contributed by atoms with Crippen molar-refractivity contribution < 1.29 is 30.7 Å². The zero-order valence-corrected chi connectivity index (χ0v) is 13.5. The van der Waals surface area contributed by atoms with Gasteiger partial charge in [0.25, 0.3) is 0 Å². The summed E-state index contributed by atoms with van der Waals surface area (Å²) in [7, 11) is 0. The number of H-pyrrole nitrogens is 1. The van der Waals surface area contributed by atoms with E-state index < -0.39 is 29.3 Å². The molecule has 1 aromatic heterocycles. The van der Waals surface area contributed by atoms with Gasteiger partial charge in [0.05, 0.1) is 0 Å². The second kappa shape index (κ2) is 6.44. The van der Waals surface area contributed by atoms with Gasteiger partial charge in [-0.25, -0.2) is 0 Å². The lowest BCUT2D eigenvalue weighted by Gasteiger charge is -2.28. The lowest BCUT2D eigenvalue weighted by atomic mass is 9.99. The van der Waals surface area contributed by atoms with Gasteiger partial charge in [0, 0.05) is 11.3 Å². The van der Waals surface area contributed by atoms with E-state index in [4.69, 9.17) is 0 Å². The minimum atomic E-state index is -6.41. The normalized spacial score (nSPS) is 13.0. The highest BCUT2D eigenvalue weighted by Gasteiger charge is 2.74. The van der Waals surface area contributed by atoms with Gasteiger partial charge in [-0.2, -0.15) is 30.7 Å². The number of aromatic nitrogens is 1. The molecule has 142 valence electrons. The third-order valence-electron chi connectivity index (χ3n) is 4.05. The molecule has 0 saturated heterocycles. The second-order valence-corrected chi connectivity index (χ2v) is 5.85. The fourth-order valence-electron chi connectivity index (χ4n) is 2.66. The Bertz CT molecular complexity index is 912. The smallest absolute Gasteiger partial charge is 0.353 e. The summed E-state index contributed by atoms with van der Waals surface area (Å²) in [5.41, 5.74) is -1.46. The van der Waals surface area contributed by atoms with E-state index in [1.165, 1.54) is 36.4 Å². The molecule has 27 heavy (non-hydrogen) atoms. The van der Waals surface area contributed by atoms with E-state index in [-0.39, 0.29) is 11.3 Å². The zero-order chi connectivity index (χ0) is 19.9. The van der Waals surface area contributed by atoms with Gasteiger partial charge < -0.3 is 4.98 Å². The van der Waals surface area contributed by atoms with Crippen LogP contribution in [-0.4, -0.2) is 17.1 Å². The zero-order valence-electron chi connectivity index (χ0n) is 13.5. The molecule has 3 rings (SSSR count). The largest absolute Gasteiger partial charge is 0.460 e. The lowest BCUT2D eigenvalue weighted by molar-refractivity contribution is -0.360. The van der Waals surface area contributed by atoms with Crippen LogP contribution in [0.4, 0.5) is 30.7 Å². The molecule has 8 heteroatoms. The quantitative estimate of drug-likeness (QED) is 0.483. The highest BCUT2D eigenvalue weighted by molar-refractivity contribution is 5.75. The average Bonchev–Trinajstić information content (AvgIpc) is 3.08. The number of hydrogen-bond acceptors (Lipinski definition) is 0. The molecule has 0 spiro atoms. The molecular weight excluding hydrogens is 375 g/mol. The number of nitrogens with one attached hydrogen (secondary N) is 1. The van der Waals surface area contributed by atoms with Crippen molar-refractivity contribution in [1.82, 2.24) is 4.98 Å². The van der Waals surface area contributed by atoms with Crippen molar-refractivity contribution in [3.05, 3.63) is 72.4 Å². The highest BCUT2D eigenvalue weighted by atomic mass is 19.4. The number of aromatic amines is 1. The van der Waals surface area contributed by atoms with E-state index in [0.717, 1.165) is 6.07 Å². The third-order valence-corrected chi connectivity index (χ3v) is 4.05. The Labute approximate surface area is 149 Å². The summed E-state index contributed by atoms with van der Waals surface area (Å²) in [4.78, 5) is 2.09. The van der Waals surface area contributed by atoms with Crippen LogP contribution in [0.2, 0.25) is 0 Å². The van der Waals surface area contributed by atoms with E-state index in [0.29, 0.717) is 5.56 Å². The molecule has 0 unspecified atom stereocenters. The molecule has 0 aliphatic carbocycles. The third kappa shape index (κ3) is 3.20. The molecule has 0 atom stereocenters. The first-order chi connectivity index (χ1) is 12.6. The van der Waals surface area contributed by atoms with Gasteiger partial charge in [-0.05, 0) is 17.2 Å². The van der Waals surface area contributed by atoms with Crippen molar-refractivity contribution in [3.63, 3.8) is 0 Å². The number of alkyl halides is 7. The summed E-state index contributed by atoms with van der Waals surface area (Å²) < 4.78 is 93.9. The molecule has 1 nitrogen and oxygen atoms in total. The minimum Gasteiger partial charge on any atom is -0.353 e. The van der Waals surface area contributed by atoms with Gasteiger partial charge >= 0.3 is 18.0 Å². The average molecular weight is 387 g/mol. The Balaban J connectivity index is 2.24. The highest BCUT2D eigenvalue weighted by Crippen LogP contribution is 2.53. The number of hydrogen-bond donors (Lipinski definition) is 1. The van der Waals surface area contributed by atoms with Gasteiger partial charge in [-0.3, -0.25) is 0 Å².